The molecule has 0 bridgehead atoms. The summed E-state index contributed by atoms with van der Waals surface area (Å²) in [7, 11) is 3.76. The fourth-order valence-corrected chi connectivity index (χ4v) is 9.81. The monoisotopic (exact) mass is 1360 g/mol. The number of hydrogen-bond acceptors (Lipinski definition) is 15. The molecule has 95 heavy (non-hydrogen) atoms. The third-order valence-corrected chi connectivity index (χ3v) is 15.0. The molecular weight excluding hydrogens is 1230 g/mol. The van der Waals surface area contributed by atoms with Gasteiger partial charge in [-0.3, -0.25) is 38.4 Å². The molecule has 1 heterocycles. The number of amides is 7. The van der Waals surface area contributed by atoms with Crippen molar-refractivity contribution in [3.05, 3.63) is 65.2 Å². The minimum absolute atomic E-state index is 0.00811. The Hall–Kier alpha value is -6.75. The molecule has 0 aliphatic carbocycles. The number of hydrogen-bond donors (Lipinski definition) is 10. The summed E-state index contributed by atoms with van der Waals surface area (Å²) < 4.78 is 5.79. The topological polar surface area (TPSA) is 340 Å². The number of unbranched alkanes of at least 4 members (excludes halogenated alkanes) is 7. The van der Waals surface area contributed by atoms with E-state index in [1.807, 2.05) is 106 Å². The largest absolute Gasteiger partial charge is 0.481 e. The lowest BCUT2D eigenvalue weighted by Crippen LogP contribution is -2.50. The SMILES string of the molecule is C=C(C)/C=C\C(=O)CCCC.CC.CC.CCCCC(=O)N(CCC)C(CC(OC(C)=O)C1NC(C(=O)NC(Cc2ccc(NC)cc2)CC(C)C(=O)O)=CS1)C(C)C.CCCCCCC(=O)NC(C(=O)NCC=O)C(C)C.CCCNC(N)=O.CNCCCCCC(N)=O. The molecule has 548 valence electrons. The van der Waals surface area contributed by atoms with E-state index in [0.717, 1.165) is 107 Å². The van der Waals surface area contributed by atoms with Crippen LogP contribution in [0.15, 0.2) is 59.7 Å². The number of benzene rings is 1. The van der Waals surface area contributed by atoms with Crippen LogP contribution in [0.4, 0.5) is 10.5 Å². The van der Waals surface area contributed by atoms with Gasteiger partial charge in [0.1, 0.15) is 29.5 Å². The van der Waals surface area contributed by atoms with Crippen molar-refractivity contribution in [2.75, 3.05) is 45.6 Å². The van der Waals surface area contributed by atoms with Crippen molar-refractivity contribution in [1.29, 1.82) is 0 Å². The highest BCUT2D eigenvalue weighted by atomic mass is 32.2. The molecule has 1 aromatic carbocycles. The van der Waals surface area contributed by atoms with Crippen LogP contribution in [0.1, 0.15) is 238 Å². The summed E-state index contributed by atoms with van der Waals surface area (Å²) in [5, 5.41) is 30.9. The number of aldehydes is 1. The van der Waals surface area contributed by atoms with Crippen LogP contribution in [0.2, 0.25) is 0 Å². The Labute approximate surface area is 577 Å². The van der Waals surface area contributed by atoms with Gasteiger partial charge in [-0.2, -0.15) is 0 Å². The van der Waals surface area contributed by atoms with Gasteiger partial charge in [-0.15, -0.1) is 11.8 Å². The molecule has 1 aromatic rings. The molecular formula is C72H132N10O12S. The summed E-state index contributed by atoms with van der Waals surface area (Å²) in [4.78, 5) is 117. The number of nitrogens with zero attached hydrogens (tertiary/aromatic N) is 1. The van der Waals surface area contributed by atoms with Crippen LogP contribution >= 0.6 is 11.8 Å². The van der Waals surface area contributed by atoms with Gasteiger partial charge in [0.15, 0.2) is 5.78 Å². The van der Waals surface area contributed by atoms with Crippen LogP contribution in [0.5, 0.6) is 0 Å². The zero-order valence-electron chi connectivity index (χ0n) is 61.9. The molecule has 1 aliphatic heterocycles. The van der Waals surface area contributed by atoms with Crippen molar-refractivity contribution in [3.63, 3.8) is 0 Å². The predicted molar refractivity (Wildman–Crippen MR) is 391 cm³/mol. The van der Waals surface area contributed by atoms with E-state index in [2.05, 4.69) is 78.4 Å². The Bertz CT molecular complexity index is 2320. The zero-order valence-corrected chi connectivity index (χ0v) is 62.7. The average molecular weight is 1360 g/mol. The second-order valence-electron chi connectivity index (χ2n) is 23.3. The highest BCUT2D eigenvalue weighted by Crippen LogP contribution is 2.31. The number of carbonyl (C=O) groups is 10. The number of primary amides is 2. The number of carboxylic acid groups (broad SMARTS) is 1. The number of urea groups is 1. The Balaban J connectivity index is -0.000000430. The maximum absolute atomic E-state index is 13.4. The number of rotatable bonds is 42. The van der Waals surface area contributed by atoms with E-state index >= 15 is 0 Å². The first-order chi connectivity index (χ1) is 45.1. The van der Waals surface area contributed by atoms with Gasteiger partial charge in [0.2, 0.25) is 23.6 Å². The first-order valence-electron chi connectivity index (χ1n) is 34.9. The normalized spacial score (nSPS) is 13.3. The smallest absolute Gasteiger partial charge is 0.312 e. The van der Waals surface area contributed by atoms with Crippen molar-refractivity contribution in [2.24, 2.45) is 29.2 Å². The number of ether oxygens (including phenoxy) is 1. The Morgan fingerprint density at radius 1 is 0.705 bits per heavy atom. The number of thioether (sulfide) groups is 1. The number of anilines is 1. The van der Waals surface area contributed by atoms with E-state index in [4.69, 9.17) is 16.2 Å². The van der Waals surface area contributed by atoms with Crippen LogP contribution < -0.4 is 48.7 Å². The fraction of sp³-hybridized carbons (Fsp3) is 0.694. The fourth-order valence-electron chi connectivity index (χ4n) is 8.81. The van der Waals surface area contributed by atoms with E-state index in [1.165, 1.54) is 18.7 Å². The van der Waals surface area contributed by atoms with Gasteiger partial charge in [-0.1, -0.05) is 166 Å². The second-order valence-corrected chi connectivity index (χ2v) is 24.4. The van der Waals surface area contributed by atoms with Crippen molar-refractivity contribution in [3.8, 4) is 0 Å². The highest BCUT2D eigenvalue weighted by Gasteiger charge is 2.37. The maximum atomic E-state index is 13.4. The Kier molecular flexibility index (Phi) is 65.9. The Morgan fingerprint density at radius 2 is 1.29 bits per heavy atom. The van der Waals surface area contributed by atoms with Crippen LogP contribution in [-0.2, 0) is 54.3 Å². The van der Waals surface area contributed by atoms with Crippen LogP contribution in [-0.4, -0.2) is 139 Å². The van der Waals surface area contributed by atoms with Gasteiger partial charge < -0.3 is 68.2 Å². The summed E-state index contributed by atoms with van der Waals surface area (Å²) in [6, 6.07) is 6.23. The summed E-state index contributed by atoms with van der Waals surface area (Å²) in [6.45, 7) is 37.0. The average Bonchev–Trinajstić information content (AvgIpc) is 1.78. The molecule has 1 aliphatic rings. The molecule has 0 aromatic heterocycles. The summed E-state index contributed by atoms with van der Waals surface area (Å²) in [5.41, 5.74) is 12.9. The van der Waals surface area contributed by atoms with E-state index in [0.29, 0.717) is 63.6 Å². The molecule has 0 radical (unpaired) electrons. The van der Waals surface area contributed by atoms with Gasteiger partial charge in [0, 0.05) is 82.3 Å². The van der Waals surface area contributed by atoms with Crippen molar-refractivity contribution in [2.45, 2.75) is 269 Å². The minimum Gasteiger partial charge on any atom is -0.481 e. The summed E-state index contributed by atoms with van der Waals surface area (Å²) >= 11 is 1.37. The molecule has 23 heteroatoms. The highest BCUT2D eigenvalue weighted by molar-refractivity contribution is 8.03. The molecule has 0 saturated heterocycles. The lowest BCUT2D eigenvalue weighted by Gasteiger charge is -2.37. The summed E-state index contributed by atoms with van der Waals surface area (Å²) in [5.74, 6) is -2.49. The number of ketones is 1. The third kappa shape index (κ3) is 55.1. The number of nitrogens with two attached hydrogens (primary N) is 2. The van der Waals surface area contributed by atoms with E-state index < -0.39 is 47.4 Å². The molecule has 2 rings (SSSR count). The Morgan fingerprint density at radius 3 is 1.77 bits per heavy atom. The molecule has 22 nitrogen and oxygen atoms in total. The zero-order chi connectivity index (χ0) is 73.7. The first-order valence-corrected chi connectivity index (χ1v) is 35.8. The molecule has 7 amide bonds. The van der Waals surface area contributed by atoms with Crippen LogP contribution in [0.25, 0.3) is 0 Å². The van der Waals surface area contributed by atoms with E-state index in [-0.39, 0.29) is 66.2 Å². The van der Waals surface area contributed by atoms with Gasteiger partial charge in [-0.05, 0) is 114 Å². The van der Waals surface area contributed by atoms with Crippen molar-refractivity contribution in [1.82, 2.24) is 36.8 Å². The second kappa shape index (κ2) is 64.6. The molecule has 0 fully saturated rings. The van der Waals surface area contributed by atoms with Gasteiger partial charge in [-0.25, -0.2) is 4.79 Å². The van der Waals surface area contributed by atoms with Crippen LogP contribution in [0.3, 0.4) is 0 Å². The number of carbonyl (C=O) groups excluding carboxylic acids is 9. The molecule has 6 unspecified atom stereocenters. The number of allylic oxidation sites excluding steroid dienone is 3. The quantitative estimate of drug-likeness (QED) is 0.00956. The molecule has 0 spiro atoms. The number of carboxylic acids is 1. The van der Waals surface area contributed by atoms with Gasteiger partial charge in [0.25, 0.3) is 5.91 Å². The van der Waals surface area contributed by atoms with Gasteiger partial charge in [0.05, 0.1) is 12.5 Å². The molecule has 6 atom stereocenters. The number of esters is 1. The van der Waals surface area contributed by atoms with Gasteiger partial charge >= 0.3 is 18.0 Å². The van der Waals surface area contributed by atoms with E-state index in [9.17, 15) is 53.1 Å². The van der Waals surface area contributed by atoms with Crippen LogP contribution in [0, 0.1) is 17.8 Å². The molecule has 12 N–H and O–H groups in total. The third-order valence-electron chi connectivity index (χ3n) is 13.9. The van der Waals surface area contributed by atoms with E-state index in [1.54, 1.807) is 24.5 Å². The minimum atomic E-state index is -0.919. The van der Waals surface area contributed by atoms with Crippen molar-refractivity contribution < 1.29 is 57.8 Å². The van der Waals surface area contributed by atoms with Crippen molar-refractivity contribution >= 4 is 77.0 Å². The summed E-state index contributed by atoms with van der Waals surface area (Å²) in [6.07, 6.45) is 19.6. The maximum Gasteiger partial charge on any atom is 0.312 e. The first kappa shape index (κ1) is 96.9. The lowest BCUT2D eigenvalue weighted by molar-refractivity contribution is -0.148. The number of aliphatic carboxylic acids is 1. The molecule has 0 saturated carbocycles. The predicted octanol–water partition coefficient (Wildman–Crippen LogP) is 11.8. The number of nitrogens with one attached hydrogen (secondary N) is 7. The standard InChI is InChI=1S/C33H52N4O6S.C14H26N2O3.C10H16O.C7H16N2O.C4H10N2O.2C2H6/c1-8-10-11-30(39)37(16-9-2)28(21(3)4)19-29(43-23(6)38)32-36-27(20-44-32)31(40)35-26(17-22(5)33(41)42)18-24-12-14-25(34-7)15-13-24;1-4-5-6-7-8-12(18)16-13(11(2)3)14(19)15-9-10-17;1-4-5-6-10(11)8-7-9(2)3;1-9-6-4-2-3-5-7(8)10;1-2-3-6-4(5)7;2*1-2/h12-15,20-22,26,28-29,32,34,36H,8-11,16-19H2,1-7H3,(H,35,40)(H,41,42);10-11,13H,4-9H2,1-3H3,(H,15,19)(H,16,18);7-8H,2,4-6H2,1,3H3;9H,2-6H2,1H3,(H2,8,10);2-3H2,1H3,(H3,5,6,7);2*1-2H3/b;;8-7-;;;;. The lowest BCUT2D eigenvalue weighted by atomic mass is 9.94.